The molecule has 0 aromatic heterocycles. The van der Waals surface area contributed by atoms with Gasteiger partial charge in [-0.25, -0.2) is 0 Å². The zero-order valence-corrected chi connectivity index (χ0v) is 8.08. The van der Waals surface area contributed by atoms with Gasteiger partial charge in [0.25, 0.3) is 0 Å². The Morgan fingerprint density at radius 1 is 0.769 bits per heavy atom. The molecular formula is C13H17. The number of hydrogen-bond acceptors (Lipinski definition) is 0. The average molecular weight is 173 g/mol. The van der Waals surface area contributed by atoms with Crippen LogP contribution in [-0.2, 0) is 0 Å². The van der Waals surface area contributed by atoms with Crippen molar-refractivity contribution in [2.24, 2.45) is 0 Å². The number of rotatable bonds is 0. The molecule has 0 heterocycles. The number of allylic oxidation sites excluding steroid dienone is 8. The standard InChI is InChI=1S/C13H17/c1-2-4-6-8-10-12-13-11-9-7-5-3-1/h1-6,11H,7-10,12H2. The molecule has 69 valence electrons. The van der Waals surface area contributed by atoms with Gasteiger partial charge in [0, 0.05) is 0 Å². The lowest BCUT2D eigenvalue weighted by atomic mass is 10.2. The van der Waals surface area contributed by atoms with Gasteiger partial charge in [-0.1, -0.05) is 42.5 Å². The van der Waals surface area contributed by atoms with E-state index in [1.165, 1.54) is 6.42 Å². The van der Waals surface area contributed by atoms with Crippen molar-refractivity contribution < 1.29 is 0 Å². The minimum absolute atomic E-state index is 1.10. The summed E-state index contributed by atoms with van der Waals surface area (Å²) in [6.45, 7) is 0. The Kier molecular flexibility index (Phi) is 5.87. The van der Waals surface area contributed by atoms with Gasteiger partial charge in [0.15, 0.2) is 0 Å². The maximum Gasteiger partial charge on any atom is -0.0276 e. The summed E-state index contributed by atoms with van der Waals surface area (Å²) in [5.74, 6) is 0. The Labute approximate surface area is 81.4 Å². The summed E-state index contributed by atoms with van der Waals surface area (Å²) in [6.07, 6.45) is 24.0. The monoisotopic (exact) mass is 173 g/mol. The highest BCUT2D eigenvalue weighted by Gasteiger charge is 1.81. The molecule has 1 rings (SSSR count). The van der Waals surface area contributed by atoms with Crippen molar-refractivity contribution in [1.82, 2.24) is 0 Å². The van der Waals surface area contributed by atoms with Gasteiger partial charge in [0.1, 0.15) is 0 Å². The second-order valence-electron chi connectivity index (χ2n) is 3.12. The summed E-state index contributed by atoms with van der Waals surface area (Å²) >= 11 is 0. The van der Waals surface area contributed by atoms with Crippen LogP contribution in [0.2, 0.25) is 0 Å². The van der Waals surface area contributed by atoms with Crippen LogP contribution in [0.15, 0.2) is 42.5 Å². The molecule has 0 aromatic rings. The minimum atomic E-state index is 1.10. The fraction of sp³-hybridized carbons (Fsp3) is 0.385. The van der Waals surface area contributed by atoms with Gasteiger partial charge in [-0.3, -0.25) is 0 Å². The molecule has 0 aromatic carbocycles. The van der Waals surface area contributed by atoms with Crippen LogP contribution in [0, 0.1) is 6.08 Å². The van der Waals surface area contributed by atoms with Gasteiger partial charge in [-0.2, -0.15) is 0 Å². The third-order valence-corrected chi connectivity index (χ3v) is 1.92. The second-order valence-corrected chi connectivity index (χ2v) is 3.12. The largest absolute Gasteiger partial charge is 0.0845 e. The third kappa shape index (κ3) is 6.15. The molecule has 0 aliphatic heterocycles. The molecule has 0 amide bonds. The lowest BCUT2D eigenvalue weighted by Crippen LogP contribution is -1.70. The highest BCUT2D eigenvalue weighted by molar-refractivity contribution is 5.11. The van der Waals surface area contributed by atoms with Crippen molar-refractivity contribution in [3.8, 4) is 0 Å². The highest BCUT2D eigenvalue weighted by Crippen LogP contribution is 2.00. The molecule has 0 saturated heterocycles. The van der Waals surface area contributed by atoms with E-state index in [0.717, 1.165) is 25.7 Å². The van der Waals surface area contributed by atoms with Crippen LogP contribution in [0.3, 0.4) is 0 Å². The third-order valence-electron chi connectivity index (χ3n) is 1.92. The maximum atomic E-state index is 3.31. The summed E-state index contributed by atoms with van der Waals surface area (Å²) < 4.78 is 0. The second kappa shape index (κ2) is 7.60. The molecule has 0 nitrogen and oxygen atoms in total. The smallest absolute Gasteiger partial charge is 0.0276 e. The summed E-state index contributed by atoms with van der Waals surface area (Å²) in [4.78, 5) is 0. The van der Waals surface area contributed by atoms with Crippen LogP contribution in [0.25, 0.3) is 0 Å². The molecular weight excluding hydrogens is 156 g/mol. The molecule has 0 saturated carbocycles. The van der Waals surface area contributed by atoms with Crippen molar-refractivity contribution in [3.63, 3.8) is 0 Å². The Hall–Kier alpha value is -1.04. The van der Waals surface area contributed by atoms with Crippen molar-refractivity contribution >= 4 is 0 Å². The zero-order valence-electron chi connectivity index (χ0n) is 8.08. The van der Waals surface area contributed by atoms with Crippen LogP contribution >= 0.6 is 0 Å². The summed E-state index contributed by atoms with van der Waals surface area (Å²) in [7, 11) is 0. The Morgan fingerprint density at radius 3 is 2.38 bits per heavy atom. The lowest BCUT2D eigenvalue weighted by Gasteiger charge is -1.88. The molecule has 1 aliphatic rings. The van der Waals surface area contributed by atoms with Crippen molar-refractivity contribution in [2.75, 3.05) is 0 Å². The highest BCUT2D eigenvalue weighted by atomic mass is 13.9. The molecule has 0 atom stereocenters. The van der Waals surface area contributed by atoms with Gasteiger partial charge in [-0.05, 0) is 38.2 Å². The van der Waals surface area contributed by atoms with E-state index in [4.69, 9.17) is 0 Å². The van der Waals surface area contributed by atoms with Crippen molar-refractivity contribution in [1.29, 1.82) is 0 Å². The SMILES string of the molecule is [C]1=CCCC=CC=CC=CCCC1. The first-order chi connectivity index (χ1) is 6.50. The normalized spacial score (nSPS) is 19.1. The predicted octanol–water partition coefficient (Wildman–Crippen LogP) is 3.98. The predicted molar refractivity (Wildman–Crippen MR) is 58.3 cm³/mol. The molecule has 0 spiro atoms. The Morgan fingerprint density at radius 2 is 1.54 bits per heavy atom. The quantitative estimate of drug-likeness (QED) is 0.520. The van der Waals surface area contributed by atoms with Gasteiger partial charge < -0.3 is 0 Å². The van der Waals surface area contributed by atoms with Gasteiger partial charge >= 0.3 is 0 Å². The first-order valence-electron chi connectivity index (χ1n) is 5.03. The van der Waals surface area contributed by atoms with E-state index in [1.807, 2.05) is 0 Å². The van der Waals surface area contributed by atoms with E-state index in [2.05, 4.69) is 48.6 Å². The van der Waals surface area contributed by atoms with Gasteiger partial charge in [0.05, 0.1) is 0 Å². The van der Waals surface area contributed by atoms with E-state index in [0.29, 0.717) is 0 Å². The molecule has 0 bridgehead atoms. The zero-order chi connectivity index (χ0) is 9.19. The van der Waals surface area contributed by atoms with E-state index in [1.54, 1.807) is 0 Å². The van der Waals surface area contributed by atoms with Crippen molar-refractivity contribution in [3.05, 3.63) is 48.6 Å². The lowest BCUT2D eigenvalue weighted by molar-refractivity contribution is 0.848. The Balaban J connectivity index is 2.38. The fourth-order valence-corrected chi connectivity index (χ4v) is 1.18. The average Bonchev–Trinajstić information content (AvgIpc) is 2.18. The first-order valence-corrected chi connectivity index (χ1v) is 5.03. The Bertz CT molecular complexity index is 216. The van der Waals surface area contributed by atoms with Crippen LogP contribution in [-0.4, -0.2) is 0 Å². The summed E-state index contributed by atoms with van der Waals surface area (Å²) in [5, 5.41) is 0. The summed E-state index contributed by atoms with van der Waals surface area (Å²) in [5.41, 5.74) is 0. The molecule has 1 aliphatic carbocycles. The van der Waals surface area contributed by atoms with Crippen molar-refractivity contribution in [2.45, 2.75) is 32.1 Å². The topological polar surface area (TPSA) is 0 Å². The van der Waals surface area contributed by atoms with E-state index >= 15 is 0 Å². The van der Waals surface area contributed by atoms with Gasteiger partial charge in [0.2, 0.25) is 0 Å². The fourth-order valence-electron chi connectivity index (χ4n) is 1.18. The van der Waals surface area contributed by atoms with Crippen LogP contribution < -0.4 is 0 Å². The molecule has 0 N–H and O–H groups in total. The summed E-state index contributed by atoms with van der Waals surface area (Å²) in [6, 6.07) is 0. The first kappa shape index (κ1) is 10.0. The van der Waals surface area contributed by atoms with Crippen LogP contribution in [0.1, 0.15) is 32.1 Å². The van der Waals surface area contributed by atoms with E-state index in [9.17, 15) is 0 Å². The maximum absolute atomic E-state index is 3.31. The molecule has 0 heteroatoms. The van der Waals surface area contributed by atoms with E-state index < -0.39 is 0 Å². The molecule has 13 heavy (non-hydrogen) atoms. The van der Waals surface area contributed by atoms with Gasteiger partial charge in [-0.15, -0.1) is 0 Å². The number of hydrogen-bond donors (Lipinski definition) is 0. The molecule has 1 radical (unpaired) electrons. The van der Waals surface area contributed by atoms with Crippen LogP contribution in [0.5, 0.6) is 0 Å². The molecule has 0 unspecified atom stereocenters. The molecule has 0 fully saturated rings. The van der Waals surface area contributed by atoms with E-state index in [-0.39, 0.29) is 0 Å². The minimum Gasteiger partial charge on any atom is -0.0845 e. The van der Waals surface area contributed by atoms with Crippen LogP contribution in [0.4, 0.5) is 0 Å².